The van der Waals surface area contributed by atoms with Gasteiger partial charge in [0.05, 0.1) is 12.0 Å². The standard InChI is InChI=1S/C22H20N2O3S/c1-27-19-5-2-4-16(13-19)21(25)23-18-8-7-15-9-10-24(14-17(15)12-18)22(26)20-6-3-11-28-20/h2-8,11-13H,9-10,14H2,1H3,(H,23,25). The molecule has 1 aliphatic heterocycles. The van der Waals surface area contributed by atoms with E-state index in [0.29, 0.717) is 24.4 Å². The maximum atomic E-state index is 12.6. The van der Waals surface area contributed by atoms with Gasteiger partial charge < -0.3 is 15.0 Å². The Kier molecular flexibility index (Phi) is 5.12. The summed E-state index contributed by atoms with van der Waals surface area (Å²) in [6.07, 6.45) is 0.816. The molecular weight excluding hydrogens is 372 g/mol. The minimum absolute atomic E-state index is 0.0615. The number of fused-ring (bicyclic) bond motifs is 1. The Labute approximate surface area is 167 Å². The molecule has 2 heterocycles. The van der Waals surface area contributed by atoms with Crippen LogP contribution >= 0.6 is 11.3 Å². The Balaban J connectivity index is 1.50. The molecule has 0 saturated carbocycles. The Morgan fingerprint density at radius 1 is 1.07 bits per heavy atom. The lowest BCUT2D eigenvalue weighted by molar-refractivity contribution is 0.0739. The van der Waals surface area contributed by atoms with Gasteiger partial charge in [0.15, 0.2) is 0 Å². The second kappa shape index (κ2) is 7.86. The highest BCUT2D eigenvalue weighted by molar-refractivity contribution is 7.12. The van der Waals surface area contributed by atoms with Crippen LogP contribution in [-0.2, 0) is 13.0 Å². The Bertz CT molecular complexity index is 1010. The molecule has 4 rings (SSSR count). The average molecular weight is 392 g/mol. The summed E-state index contributed by atoms with van der Waals surface area (Å²) in [4.78, 5) is 27.8. The molecule has 0 radical (unpaired) electrons. The summed E-state index contributed by atoms with van der Waals surface area (Å²) in [5.41, 5.74) is 3.54. The van der Waals surface area contributed by atoms with E-state index in [1.807, 2.05) is 40.6 Å². The first-order valence-electron chi connectivity index (χ1n) is 9.04. The molecule has 28 heavy (non-hydrogen) atoms. The van der Waals surface area contributed by atoms with Crippen LogP contribution in [0.5, 0.6) is 5.75 Å². The third-order valence-corrected chi connectivity index (χ3v) is 5.69. The van der Waals surface area contributed by atoms with Crippen LogP contribution in [0.1, 0.15) is 31.2 Å². The number of methoxy groups -OCH3 is 1. The number of rotatable bonds is 4. The number of carbonyl (C=O) groups excluding carboxylic acids is 2. The molecule has 6 heteroatoms. The SMILES string of the molecule is COc1cccc(C(=O)Nc2ccc3c(c2)CN(C(=O)c2cccs2)CC3)c1. The molecule has 0 bridgehead atoms. The molecule has 1 N–H and O–H groups in total. The van der Waals surface area contributed by atoms with Crippen LogP contribution in [0.2, 0.25) is 0 Å². The van der Waals surface area contributed by atoms with E-state index in [2.05, 4.69) is 5.32 Å². The maximum Gasteiger partial charge on any atom is 0.264 e. The Morgan fingerprint density at radius 3 is 2.75 bits per heavy atom. The zero-order valence-electron chi connectivity index (χ0n) is 15.5. The predicted octanol–water partition coefficient (Wildman–Crippen LogP) is 4.21. The van der Waals surface area contributed by atoms with Crippen molar-refractivity contribution in [3.05, 3.63) is 81.5 Å². The fraction of sp³-hybridized carbons (Fsp3) is 0.182. The molecule has 142 valence electrons. The van der Waals surface area contributed by atoms with E-state index >= 15 is 0 Å². The van der Waals surface area contributed by atoms with Crippen LogP contribution in [0.4, 0.5) is 5.69 Å². The van der Waals surface area contributed by atoms with Crippen molar-refractivity contribution < 1.29 is 14.3 Å². The molecule has 0 spiro atoms. The number of nitrogens with one attached hydrogen (secondary N) is 1. The zero-order chi connectivity index (χ0) is 19.5. The van der Waals surface area contributed by atoms with Crippen molar-refractivity contribution in [2.24, 2.45) is 0 Å². The van der Waals surface area contributed by atoms with Crippen molar-refractivity contribution in [3.63, 3.8) is 0 Å². The highest BCUT2D eigenvalue weighted by atomic mass is 32.1. The van der Waals surface area contributed by atoms with Gasteiger partial charge in [-0.15, -0.1) is 11.3 Å². The number of nitrogens with zero attached hydrogens (tertiary/aromatic N) is 1. The number of carbonyl (C=O) groups is 2. The second-order valence-electron chi connectivity index (χ2n) is 6.62. The molecule has 0 aliphatic carbocycles. The summed E-state index contributed by atoms with van der Waals surface area (Å²) in [6, 6.07) is 16.7. The third-order valence-electron chi connectivity index (χ3n) is 4.83. The number of benzene rings is 2. The molecular formula is C22H20N2O3S. The molecule has 0 saturated heterocycles. The van der Waals surface area contributed by atoms with Gasteiger partial charge in [-0.3, -0.25) is 9.59 Å². The first kappa shape index (κ1) is 18.3. The van der Waals surface area contributed by atoms with E-state index in [4.69, 9.17) is 4.74 Å². The fourth-order valence-electron chi connectivity index (χ4n) is 3.33. The first-order valence-corrected chi connectivity index (χ1v) is 9.92. The highest BCUT2D eigenvalue weighted by Gasteiger charge is 2.22. The van der Waals surface area contributed by atoms with E-state index in [1.54, 1.807) is 31.4 Å². The van der Waals surface area contributed by atoms with Gasteiger partial charge in [0.25, 0.3) is 11.8 Å². The van der Waals surface area contributed by atoms with Gasteiger partial charge >= 0.3 is 0 Å². The van der Waals surface area contributed by atoms with E-state index in [0.717, 1.165) is 22.5 Å². The van der Waals surface area contributed by atoms with Crippen LogP contribution in [0.15, 0.2) is 60.0 Å². The third kappa shape index (κ3) is 3.77. The quantitative estimate of drug-likeness (QED) is 0.724. The molecule has 0 fully saturated rings. The number of anilines is 1. The molecule has 5 nitrogen and oxygen atoms in total. The van der Waals surface area contributed by atoms with Crippen molar-refractivity contribution in [2.45, 2.75) is 13.0 Å². The summed E-state index contributed by atoms with van der Waals surface area (Å²) in [6.45, 7) is 1.26. The Morgan fingerprint density at radius 2 is 1.96 bits per heavy atom. The molecule has 1 aromatic heterocycles. The summed E-state index contributed by atoms with van der Waals surface area (Å²) in [5.74, 6) is 0.508. The van der Waals surface area contributed by atoms with Crippen LogP contribution in [0, 0.1) is 0 Å². The fourth-order valence-corrected chi connectivity index (χ4v) is 4.02. The van der Waals surface area contributed by atoms with Crippen LogP contribution in [0.3, 0.4) is 0 Å². The molecule has 0 unspecified atom stereocenters. The number of thiophene rings is 1. The molecule has 3 aromatic rings. The average Bonchev–Trinajstić information content (AvgIpc) is 3.27. The number of amides is 2. The second-order valence-corrected chi connectivity index (χ2v) is 7.57. The topological polar surface area (TPSA) is 58.6 Å². The molecule has 2 amide bonds. The van der Waals surface area contributed by atoms with Crippen molar-refractivity contribution in [3.8, 4) is 5.75 Å². The lowest BCUT2D eigenvalue weighted by Gasteiger charge is -2.29. The monoisotopic (exact) mass is 392 g/mol. The van der Waals surface area contributed by atoms with Crippen molar-refractivity contribution >= 4 is 28.8 Å². The summed E-state index contributed by atoms with van der Waals surface area (Å²) >= 11 is 1.46. The lowest BCUT2D eigenvalue weighted by atomic mass is 9.98. The van der Waals surface area contributed by atoms with Gasteiger partial charge in [-0.25, -0.2) is 0 Å². The summed E-state index contributed by atoms with van der Waals surface area (Å²) in [7, 11) is 1.57. The van der Waals surface area contributed by atoms with Crippen LogP contribution < -0.4 is 10.1 Å². The van der Waals surface area contributed by atoms with Gasteiger partial charge in [0, 0.05) is 24.3 Å². The van der Waals surface area contributed by atoms with Gasteiger partial charge in [-0.2, -0.15) is 0 Å². The minimum Gasteiger partial charge on any atom is -0.497 e. The van der Waals surface area contributed by atoms with E-state index in [9.17, 15) is 9.59 Å². The normalized spacial score (nSPS) is 13.0. The summed E-state index contributed by atoms with van der Waals surface area (Å²) in [5, 5.41) is 4.85. The number of hydrogen-bond acceptors (Lipinski definition) is 4. The van der Waals surface area contributed by atoms with Crippen molar-refractivity contribution in [2.75, 3.05) is 19.0 Å². The molecule has 0 atom stereocenters. The van der Waals surface area contributed by atoms with Crippen LogP contribution in [-0.4, -0.2) is 30.4 Å². The largest absolute Gasteiger partial charge is 0.497 e. The molecule has 2 aromatic carbocycles. The predicted molar refractivity (Wildman–Crippen MR) is 110 cm³/mol. The Hall–Kier alpha value is -3.12. The van der Waals surface area contributed by atoms with Crippen molar-refractivity contribution in [1.82, 2.24) is 4.90 Å². The first-order chi connectivity index (χ1) is 13.6. The van der Waals surface area contributed by atoms with Gasteiger partial charge in [0.1, 0.15) is 5.75 Å². The lowest BCUT2D eigenvalue weighted by Crippen LogP contribution is -2.35. The van der Waals surface area contributed by atoms with Crippen molar-refractivity contribution in [1.29, 1.82) is 0 Å². The van der Waals surface area contributed by atoms with Gasteiger partial charge in [0.2, 0.25) is 0 Å². The number of ether oxygens (including phenoxy) is 1. The summed E-state index contributed by atoms with van der Waals surface area (Å²) < 4.78 is 5.18. The van der Waals surface area contributed by atoms with Gasteiger partial charge in [-0.1, -0.05) is 18.2 Å². The molecule has 1 aliphatic rings. The minimum atomic E-state index is -0.193. The van der Waals surface area contributed by atoms with Crippen LogP contribution in [0.25, 0.3) is 0 Å². The van der Waals surface area contributed by atoms with Gasteiger partial charge in [-0.05, 0) is 59.3 Å². The van der Waals surface area contributed by atoms with E-state index in [-0.39, 0.29) is 11.8 Å². The smallest absolute Gasteiger partial charge is 0.264 e. The van der Waals surface area contributed by atoms with E-state index < -0.39 is 0 Å². The maximum absolute atomic E-state index is 12.6. The highest BCUT2D eigenvalue weighted by Crippen LogP contribution is 2.25. The number of hydrogen-bond donors (Lipinski definition) is 1. The van der Waals surface area contributed by atoms with E-state index in [1.165, 1.54) is 16.9 Å². The zero-order valence-corrected chi connectivity index (χ0v) is 16.3.